The zero-order valence-electron chi connectivity index (χ0n) is 16.4. The Labute approximate surface area is 168 Å². The minimum Gasteiger partial charge on any atom is -0.495 e. The Kier molecular flexibility index (Phi) is 5.20. The molecule has 0 aliphatic carbocycles. The number of anilines is 1. The van der Waals surface area contributed by atoms with Crippen molar-refractivity contribution in [1.29, 1.82) is 0 Å². The van der Waals surface area contributed by atoms with Crippen LogP contribution in [-0.2, 0) is 0 Å². The Morgan fingerprint density at radius 3 is 2.59 bits per heavy atom. The highest BCUT2D eigenvalue weighted by Gasteiger charge is 2.26. The third-order valence-electron chi connectivity index (χ3n) is 5.18. The number of ether oxygens (including phenoxy) is 1. The number of rotatable bonds is 4. The molecular weight excluding hydrogens is 373 g/mol. The Balaban J connectivity index is 1.44. The molecule has 1 fully saturated rings. The van der Waals surface area contributed by atoms with Gasteiger partial charge in [0, 0.05) is 37.8 Å². The molecule has 0 spiro atoms. The van der Waals surface area contributed by atoms with E-state index in [4.69, 9.17) is 9.26 Å². The van der Waals surface area contributed by atoms with Crippen LogP contribution in [0.4, 0.5) is 10.1 Å². The Morgan fingerprint density at radius 2 is 1.86 bits per heavy atom. The van der Waals surface area contributed by atoms with Crippen molar-refractivity contribution in [2.24, 2.45) is 0 Å². The number of benzene rings is 2. The average molecular weight is 395 g/mol. The monoisotopic (exact) mass is 395 g/mol. The minimum atomic E-state index is -0.320. The van der Waals surface area contributed by atoms with Gasteiger partial charge in [0.1, 0.15) is 11.6 Å². The summed E-state index contributed by atoms with van der Waals surface area (Å²) in [5.41, 5.74) is 2.36. The fourth-order valence-corrected chi connectivity index (χ4v) is 3.46. The molecule has 1 saturated heterocycles. The number of hydrogen-bond acceptors (Lipinski definition) is 5. The highest BCUT2D eigenvalue weighted by Crippen LogP contribution is 2.29. The lowest BCUT2D eigenvalue weighted by molar-refractivity contribution is 0.0736. The number of piperazine rings is 1. The number of methoxy groups -OCH3 is 1. The third-order valence-corrected chi connectivity index (χ3v) is 5.18. The number of halogens is 1. The first-order valence-electron chi connectivity index (χ1n) is 9.47. The van der Waals surface area contributed by atoms with Gasteiger partial charge in [-0.1, -0.05) is 29.4 Å². The molecule has 3 aromatic rings. The number of amides is 1. The first kappa shape index (κ1) is 19.0. The molecule has 29 heavy (non-hydrogen) atoms. The van der Waals surface area contributed by atoms with E-state index in [2.05, 4.69) is 10.1 Å². The molecule has 7 heteroatoms. The summed E-state index contributed by atoms with van der Waals surface area (Å²) < 4.78 is 24.5. The van der Waals surface area contributed by atoms with Crippen LogP contribution < -0.4 is 9.64 Å². The van der Waals surface area contributed by atoms with Crippen LogP contribution >= 0.6 is 0 Å². The Hall–Kier alpha value is -3.35. The summed E-state index contributed by atoms with van der Waals surface area (Å²) in [6.45, 7) is 4.22. The molecule has 1 amide bonds. The van der Waals surface area contributed by atoms with E-state index in [0.717, 1.165) is 11.4 Å². The van der Waals surface area contributed by atoms with Gasteiger partial charge >= 0.3 is 0 Å². The van der Waals surface area contributed by atoms with E-state index < -0.39 is 0 Å². The molecule has 1 aliphatic heterocycles. The highest BCUT2D eigenvalue weighted by atomic mass is 19.1. The van der Waals surface area contributed by atoms with E-state index in [1.165, 1.54) is 6.07 Å². The van der Waals surface area contributed by atoms with Crippen molar-refractivity contribution >= 4 is 11.6 Å². The van der Waals surface area contributed by atoms with Crippen molar-refractivity contribution in [1.82, 2.24) is 10.1 Å². The van der Waals surface area contributed by atoms with Crippen LogP contribution in [0.2, 0.25) is 0 Å². The molecule has 150 valence electrons. The van der Waals surface area contributed by atoms with Crippen LogP contribution in [0.1, 0.15) is 16.1 Å². The smallest absolute Gasteiger partial charge is 0.276 e. The number of nitrogens with zero attached hydrogens (tertiary/aromatic N) is 3. The molecule has 0 N–H and O–H groups in total. The topological polar surface area (TPSA) is 58.8 Å². The maximum atomic E-state index is 13.8. The molecule has 0 radical (unpaired) electrons. The third kappa shape index (κ3) is 3.81. The molecule has 1 aliphatic rings. The zero-order valence-corrected chi connectivity index (χ0v) is 16.4. The van der Waals surface area contributed by atoms with Crippen LogP contribution in [0, 0.1) is 12.7 Å². The SMILES string of the molecule is COc1ccccc1N1CCN(C(=O)c2cc(-c3ccc(C)c(F)c3)on2)CC1. The summed E-state index contributed by atoms with van der Waals surface area (Å²) in [6, 6.07) is 14.2. The fraction of sp³-hybridized carbons (Fsp3) is 0.273. The van der Waals surface area contributed by atoms with E-state index in [1.54, 1.807) is 37.1 Å². The largest absolute Gasteiger partial charge is 0.495 e. The van der Waals surface area contributed by atoms with E-state index in [0.29, 0.717) is 43.1 Å². The molecule has 2 aromatic carbocycles. The van der Waals surface area contributed by atoms with Crippen LogP contribution in [-0.4, -0.2) is 49.3 Å². The van der Waals surface area contributed by atoms with Gasteiger partial charge in [0.05, 0.1) is 12.8 Å². The van der Waals surface area contributed by atoms with Crippen molar-refractivity contribution in [3.8, 4) is 17.1 Å². The lowest BCUT2D eigenvalue weighted by Crippen LogP contribution is -2.49. The van der Waals surface area contributed by atoms with Crippen LogP contribution in [0.3, 0.4) is 0 Å². The molecule has 6 nitrogen and oxygen atoms in total. The number of carbonyl (C=O) groups is 1. The van der Waals surface area contributed by atoms with Gasteiger partial charge in [0.25, 0.3) is 5.91 Å². The predicted molar refractivity (Wildman–Crippen MR) is 108 cm³/mol. The lowest BCUT2D eigenvalue weighted by atomic mass is 10.1. The molecule has 4 rings (SSSR count). The van der Waals surface area contributed by atoms with Gasteiger partial charge in [0.2, 0.25) is 0 Å². The van der Waals surface area contributed by atoms with Gasteiger partial charge in [-0.2, -0.15) is 0 Å². The normalized spacial score (nSPS) is 14.2. The molecule has 1 aromatic heterocycles. The minimum absolute atomic E-state index is 0.188. The van der Waals surface area contributed by atoms with Crippen molar-refractivity contribution in [2.45, 2.75) is 6.92 Å². The van der Waals surface area contributed by atoms with Crippen molar-refractivity contribution in [3.63, 3.8) is 0 Å². The van der Waals surface area contributed by atoms with Gasteiger partial charge in [0.15, 0.2) is 11.5 Å². The molecule has 2 heterocycles. The van der Waals surface area contributed by atoms with Gasteiger partial charge in [-0.05, 0) is 30.7 Å². The average Bonchev–Trinajstić information content (AvgIpc) is 3.25. The zero-order chi connectivity index (χ0) is 20.4. The summed E-state index contributed by atoms with van der Waals surface area (Å²) in [5, 5.41) is 3.90. The number of hydrogen-bond donors (Lipinski definition) is 0. The molecule has 0 atom stereocenters. The van der Waals surface area contributed by atoms with Crippen molar-refractivity contribution < 1.29 is 18.4 Å². The summed E-state index contributed by atoms with van der Waals surface area (Å²) in [4.78, 5) is 16.8. The number of aryl methyl sites for hydroxylation is 1. The molecule has 0 saturated carbocycles. The maximum Gasteiger partial charge on any atom is 0.276 e. The highest BCUT2D eigenvalue weighted by molar-refractivity contribution is 5.93. The second-order valence-electron chi connectivity index (χ2n) is 6.99. The quantitative estimate of drug-likeness (QED) is 0.673. The van der Waals surface area contributed by atoms with Crippen LogP contribution in [0.25, 0.3) is 11.3 Å². The molecular formula is C22H22FN3O3. The maximum absolute atomic E-state index is 13.8. The Morgan fingerprint density at radius 1 is 1.10 bits per heavy atom. The Bertz CT molecular complexity index is 1030. The van der Waals surface area contributed by atoms with Crippen LogP contribution in [0.15, 0.2) is 53.1 Å². The standard InChI is InChI=1S/C22H22FN3O3/c1-15-7-8-16(13-17(15)23)21-14-18(24-29-21)22(27)26-11-9-25(10-12-26)19-5-3-4-6-20(19)28-2/h3-8,13-14H,9-12H2,1-2H3. The van der Waals surface area contributed by atoms with E-state index in [-0.39, 0.29) is 17.4 Å². The second-order valence-corrected chi connectivity index (χ2v) is 6.99. The van der Waals surface area contributed by atoms with Crippen molar-refractivity contribution in [3.05, 3.63) is 65.6 Å². The molecule has 0 bridgehead atoms. The number of carbonyl (C=O) groups excluding carboxylic acids is 1. The number of aromatic nitrogens is 1. The summed E-state index contributed by atoms with van der Waals surface area (Å²) in [5.74, 6) is 0.685. The van der Waals surface area contributed by atoms with E-state index in [1.807, 2.05) is 24.3 Å². The van der Waals surface area contributed by atoms with E-state index >= 15 is 0 Å². The first-order valence-corrected chi connectivity index (χ1v) is 9.47. The second kappa shape index (κ2) is 7.95. The number of para-hydroxylation sites is 2. The predicted octanol–water partition coefficient (Wildman–Crippen LogP) is 3.76. The summed E-state index contributed by atoms with van der Waals surface area (Å²) in [7, 11) is 1.65. The van der Waals surface area contributed by atoms with E-state index in [9.17, 15) is 9.18 Å². The van der Waals surface area contributed by atoms with Gasteiger partial charge in [-0.3, -0.25) is 4.79 Å². The van der Waals surface area contributed by atoms with Crippen LogP contribution in [0.5, 0.6) is 5.75 Å². The van der Waals surface area contributed by atoms with Gasteiger partial charge in [-0.25, -0.2) is 4.39 Å². The van der Waals surface area contributed by atoms with Gasteiger partial charge in [-0.15, -0.1) is 0 Å². The van der Waals surface area contributed by atoms with Crippen molar-refractivity contribution in [2.75, 3.05) is 38.2 Å². The summed E-state index contributed by atoms with van der Waals surface area (Å²) in [6.07, 6.45) is 0. The first-order chi connectivity index (χ1) is 14.1. The fourth-order valence-electron chi connectivity index (χ4n) is 3.46. The molecule has 0 unspecified atom stereocenters. The van der Waals surface area contributed by atoms with Gasteiger partial charge < -0.3 is 19.1 Å². The lowest BCUT2D eigenvalue weighted by Gasteiger charge is -2.36. The summed E-state index contributed by atoms with van der Waals surface area (Å²) >= 11 is 0.